The third-order valence-electron chi connectivity index (χ3n) is 2.34. The summed E-state index contributed by atoms with van der Waals surface area (Å²) in [6.45, 7) is 1.88. The van der Waals surface area contributed by atoms with Gasteiger partial charge in [-0.1, -0.05) is 12.2 Å². The molecule has 1 aromatic heterocycles. The van der Waals surface area contributed by atoms with Crippen LogP contribution in [0.1, 0.15) is 11.4 Å². The van der Waals surface area contributed by atoms with Crippen molar-refractivity contribution in [2.45, 2.75) is 6.92 Å². The van der Waals surface area contributed by atoms with Crippen LogP contribution >= 0.6 is 23.8 Å². The highest BCUT2D eigenvalue weighted by Gasteiger charge is 2.08. The molecule has 0 aliphatic heterocycles. The fraction of sp³-hybridized carbons (Fsp3) is 0.182. The number of nitrogens with two attached hydrogens (primary N) is 1. The fourth-order valence-corrected chi connectivity index (χ4v) is 2.17. The second-order valence-electron chi connectivity index (χ2n) is 3.59. The zero-order chi connectivity index (χ0) is 12.4. The molecule has 0 unspecified atom stereocenters. The van der Waals surface area contributed by atoms with E-state index in [0.29, 0.717) is 4.99 Å². The molecular weight excluding hydrogens is 252 g/mol. The van der Waals surface area contributed by atoms with Crippen molar-refractivity contribution in [3.63, 3.8) is 0 Å². The molecule has 2 rings (SSSR count). The number of benzene rings is 1. The summed E-state index contributed by atoms with van der Waals surface area (Å²) in [5.74, 6) is 0.789. The van der Waals surface area contributed by atoms with Crippen LogP contribution in [0.4, 0.5) is 10.8 Å². The van der Waals surface area contributed by atoms with Crippen molar-refractivity contribution in [3.8, 4) is 0 Å². The first-order valence-corrected chi connectivity index (χ1v) is 6.20. The average Bonchev–Trinajstić information content (AvgIpc) is 2.75. The topological polar surface area (TPSA) is 55.0 Å². The van der Waals surface area contributed by atoms with Gasteiger partial charge in [-0.3, -0.25) is 0 Å². The van der Waals surface area contributed by atoms with E-state index in [9.17, 15) is 0 Å². The van der Waals surface area contributed by atoms with E-state index >= 15 is 0 Å². The Kier molecular flexibility index (Phi) is 3.35. The van der Waals surface area contributed by atoms with E-state index in [0.717, 1.165) is 22.2 Å². The first-order valence-electron chi connectivity index (χ1n) is 5.02. The first-order chi connectivity index (χ1) is 8.08. The van der Waals surface area contributed by atoms with E-state index < -0.39 is 0 Å². The van der Waals surface area contributed by atoms with Gasteiger partial charge in [0, 0.05) is 29.8 Å². The van der Waals surface area contributed by atoms with Gasteiger partial charge in [-0.05, 0) is 31.2 Å². The van der Waals surface area contributed by atoms with Crippen molar-refractivity contribution in [1.82, 2.24) is 9.36 Å². The Labute approximate surface area is 109 Å². The summed E-state index contributed by atoms with van der Waals surface area (Å²) in [7, 11) is 1.95. The molecule has 1 aromatic carbocycles. The normalized spacial score (nSPS) is 10.2. The largest absolute Gasteiger partial charge is 0.389 e. The highest BCUT2D eigenvalue weighted by molar-refractivity contribution is 7.80. The van der Waals surface area contributed by atoms with Crippen LogP contribution in [0, 0.1) is 6.92 Å². The van der Waals surface area contributed by atoms with Crippen LogP contribution < -0.4 is 10.6 Å². The molecule has 2 aromatic rings. The van der Waals surface area contributed by atoms with E-state index in [2.05, 4.69) is 9.36 Å². The second-order valence-corrected chi connectivity index (χ2v) is 4.76. The standard InChI is InChI=1S/C11H12N4S2/c1-7-13-11(17-14-7)15(2)9-5-3-8(4-6-9)10(12)16/h3-6H,1-2H3,(H2,12,16). The number of rotatable bonds is 3. The van der Waals surface area contributed by atoms with E-state index in [4.69, 9.17) is 18.0 Å². The molecule has 0 atom stereocenters. The molecule has 6 heteroatoms. The summed E-state index contributed by atoms with van der Waals surface area (Å²) in [5, 5.41) is 0.866. The van der Waals surface area contributed by atoms with Gasteiger partial charge in [-0.2, -0.15) is 4.37 Å². The van der Waals surface area contributed by atoms with E-state index in [1.807, 2.05) is 43.1 Å². The molecule has 0 amide bonds. The van der Waals surface area contributed by atoms with Crippen molar-refractivity contribution < 1.29 is 0 Å². The number of nitrogens with zero attached hydrogens (tertiary/aromatic N) is 3. The maximum absolute atomic E-state index is 5.55. The maximum Gasteiger partial charge on any atom is 0.209 e. The van der Waals surface area contributed by atoms with Crippen molar-refractivity contribution in [2.24, 2.45) is 5.73 Å². The zero-order valence-corrected chi connectivity index (χ0v) is 11.2. The predicted octanol–water partition coefficient (Wildman–Crippen LogP) is 2.25. The number of anilines is 2. The minimum absolute atomic E-state index is 0.408. The molecule has 1 heterocycles. The summed E-state index contributed by atoms with van der Waals surface area (Å²) in [5.41, 5.74) is 7.45. The molecule has 88 valence electrons. The fourth-order valence-electron chi connectivity index (χ4n) is 1.38. The minimum Gasteiger partial charge on any atom is -0.389 e. The first kappa shape index (κ1) is 11.9. The molecule has 0 radical (unpaired) electrons. The monoisotopic (exact) mass is 264 g/mol. The van der Waals surface area contributed by atoms with Gasteiger partial charge in [0.2, 0.25) is 5.13 Å². The van der Waals surface area contributed by atoms with Crippen molar-refractivity contribution in [2.75, 3.05) is 11.9 Å². The number of hydrogen-bond donors (Lipinski definition) is 1. The van der Waals surface area contributed by atoms with Crippen LogP contribution in [0.2, 0.25) is 0 Å². The zero-order valence-electron chi connectivity index (χ0n) is 9.54. The quantitative estimate of drug-likeness (QED) is 0.862. The Balaban J connectivity index is 2.25. The van der Waals surface area contributed by atoms with Crippen LogP contribution in [0.5, 0.6) is 0 Å². The number of hydrogen-bond acceptors (Lipinski definition) is 5. The Bertz CT molecular complexity index is 533. The highest BCUT2D eigenvalue weighted by Crippen LogP contribution is 2.25. The van der Waals surface area contributed by atoms with Gasteiger partial charge in [0.25, 0.3) is 0 Å². The summed E-state index contributed by atoms with van der Waals surface area (Å²) in [6.07, 6.45) is 0. The molecular formula is C11H12N4S2. The summed E-state index contributed by atoms with van der Waals surface area (Å²) in [6, 6.07) is 7.74. The smallest absolute Gasteiger partial charge is 0.209 e. The van der Waals surface area contributed by atoms with Gasteiger partial charge in [0.15, 0.2) is 0 Å². The van der Waals surface area contributed by atoms with Gasteiger partial charge in [-0.25, -0.2) is 4.98 Å². The maximum atomic E-state index is 5.55. The molecule has 0 saturated heterocycles. The molecule has 0 aliphatic carbocycles. The van der Waals surface area contributed by atoms with E-state index in [1.54, 1.807) is 0 Å². The second kappa shape index (κ2) is 4.77. The lowest BCUT2D eigenvalue weighted by Gasteiger charge is -2.15. The lowest BCUT2D eigenvalue weighted by molar-refractivity contribution is 1.11. The Hall–Kier alpha value is -1.53. The van der Waals surface area contributed by atoms with E-state index in [-0.39, 0.29) is 0 Å². The van der Waals surface area contributed by atoms with Crippen molar-refractivity contribution in [1.29, 1.82) is 0 Å². The minimum atomic E-state index is 0.408. The molecule has 0 saturated carbocycles. The number of aromatic nitrogens is 2. The molecule has 0 fully saturated rings. The van der Waals surface area contributed by atoms with E-state index in [1.165, 1.54) is 11.5 Å². The summed E-state index contributed by atoms with van der Waals surface area (Å²) >= 11 is 6.29. The third-order valence-corrected chi connectivity index (χ3v) is 3.46. The molecule has 17 heavy (non-hydrogen) atoms. The molecule has 0 bridgehead atoms. The Morgan fingerprint density at radius 2 is 2.00 bits per heavy atom. The van der Waals surface area contributed by atoms with Crippen LogP contribution in [0.15, 0.2) is 24.3 Å². The Morgan fingerprint density at radius 1 is 1.35 bits per heavy atom. The lowest BCUT2D eigenvalue weighted by Crippen LogP contribution is -2.11. The van der Waals surface area contributed by atoms with Crippen molar-refractivity contribution >= 4 is 39.6 Å². The van der Waals surface area contributed by atoms with Crippen LogP contribution in [0.3, 0.4) is 0 Å². The molecule has 4 nitrogen and oxygen atoms in total. The number of aryl methyl sites for hydroxylation is 1. The van der Waals surface area contributed by atoms with Crippen molar-refractivity contribution in [3.05, 3.63) is 35.7 Å². The van der Waals surface area contributed by atoms with Crippen LogP contribution in [0.25, 0.3) is 0 Å². The van der Waals surface area contributed by atoms with Gasteiger partial charge >= 0.3 is 0 Å². The SMILES string of the molecule is Cc1nsc(N(C)c2ccc(C(N)=S)cc2)n1. The highest BCUT2D eigenvalue weighted by atomic mass is 32.1. The average molecular weight is 264 g/mol. The van der Waals surface area contributed by atoms with Gasteiger partial charge in [-0.15, -0.1) is 0 Å². The third kappa shape index (κ3) is 2.59. The van der Waals surface area contributed by atoms with Crippen LogP contribution in [-0.2, 0) is 0 Å². The lowest BCUT2D eigenvalue weighted by atomic mass is 10.2. The summed E-state index contributed by atoms with van der Waals surface area (Å²) in [4.78, 5) is 6.72. The van der Waals surface area contributed by atoms with Gasteiger partial charge < -0.3 is 10.6 Å². The number of thiocarbonyl (C=S) groups is 1. The van der Waals surface area contributed by atoms with Gasteiger partial charge in [0.1, 0.15) is 10.8 Å². The predicted molar refractivity (Wildman–Crippen MR) is 75.0 cm³/mol. The van der Waals surface area contributed by atoms with Gasteiger partial charge in [0.05, 0.1) is 0 Å². The van der Waals surface area contributed by atoms with Crippen LogP contribution in [-0.4, -0.2) is 21.4 Å². The summed E-state index contributed by atoms with van der Waals surface area (Å²) < 4.78 is 4.16. The molecule has 0 aliphatic rings. The Morgan fingerprint density at radius 3 is 2.47 bits per heavy atom. The molecule has 0 spiro atoms. The molecule has 2 N–H and O–H groups in total.